The van der Waals surface area contributed by atoms with Crippen molar-refractivity contribution in [3.63, 3.8) is 0 Å². The van der Waals surface area contributed by atoms with Gasteiger partial charge in [0.25, 0.3) is 5.91 Å². The number of esters is 1. The van der Waals surface area contributed by atoms with E-state index in [1.165, 1.54) is 11.2 Å². The molecule has 256 valence electrons. The smallest absolute Gasteiger partial charge is 0.411 e. The van der Waals surface area contributed by atoms with Crippen molar-refractivity contribution in [3.05, 3.63) is 47.9 Å². The minimum Gasteiger partial charge on any atom is -0.411 e. The Morgan fingerprint density at radius 1 is 1.09 bits per heavy atom. The second kappa shape index (κ2) is 12.3. The summed E-state index contributed by atoms with van der Waals surface area (Å²) >= 11 is 0. The number of hydrogen-bond donors (Lipinski definition) is 2. The summed E-state index contributed by atoms with van der Waals surface area (Å²) in [4.78, 5) is 42.2. The van der Waals surface area contributed by atoms with Crippen LogP contribution in [0.3, 0.4) is 0 Å². The molecule has 0 bridgehead atoms. The Labute approximate surface area is 272 Å². The Morgan fingerprint density at radius 3 is 2.36 bits per heavy atom. The lowest BCUT2D eigenvalue weighted by molar-refractivity contribution is -0.240. The maximum atomic E-state index is 13.9. The molecule has 0 aliphatic carbocycles. The van der Waals surface area contributed by atoms with Gasteiger partial charge in [0.05, 0.1) is 23.1 Å². The highest BCUT2D eigenvalue weighted by Gasteiger charge is 2.64. The second-order valence-corrected chi connectivity index (χ2v) is 14.3. The van der Waals surface area contributed by atoms with Gasteiger partial charge in [0.15, 0.2) is 0 Å². The van der Waals surface area contributed by atoms with Crippen molar-refractivity contribution in [1.29, 1.82) is 0 Å². The molecule has 0 saturated carbocycles. The number of aromatic nitrogens is 3. The van der Waals surface area contributed by atoms with Gasteiger partial charge in [-0.2, -0.15) is 18.3 Å². The number of likely N-dealkylation sites (N-methyl/N-ethyl adjacent to an activating group) is 1. The van der Waals surface area contributed by atoms with Crippen LogP contribution < -0.4 is 15.7 Å². The Hall–Kier alpha value is -3.79. The van der Waals surface area contributed by atoms with Crippen molar-refractivity contribution in [2.75, 3.05) is 38.1 Å². The zero-order valence-electron chi connectivity index (χ0n) is 28.0. The Kier molecular flexibility index (Phi) is 9.07. The zero-order valence-corrected chi connectivity index (χ0v) is 28.0. The summed E-state index contributed by atoms with van der Waals surface area (Å²) in [5.74, 6) is -6.13. The molecule has 2 saturated heterocycles. The van der Waals surface area contributed by atoms with Gasteiger partial charge in [-0.25, -0.2) is 19.2 Å². The SMILES string of the molecule is Cc1cc(-c2ncnn3cc(N4CCN(C)CC4)cc23)ccc1CNC(=O)C1(OC(=O)C(F)(F)F)NOC(C(C)(C)C)N1C(C)(C)C. The summed E-state index contributed by atoms with van der Waals surface area (Å²) in [6.07, 6.45) is -2.77. The third-order valence-electron chi connectivity index (χ3n) is 8.44. The maximum absolute atomic E-state index is 13.9. The number of rotatable bonds is 6. The fourth-order valence-electron chi connectivity index (χ4n) is 5.97. The highest BCUT2D eigenvalue weighted by molar-refractivity contribution is 5.88. The number of alkyl halides is 3. The molecule has 2 unspecified atom stereocenters. The van der Waals surface area contributed by atoms with Gasteiger partial charge in [0.2, 0.25) is 0 Å². The maximum Gasteiger partial charge on any atom is 0.491 e. The first kappa shape index (κ1) is 34.5. The highest BCUT2D eigenvalue weighted by atomic mass is 19.4. The van der Waals surface area contributed by atoms with E-state index in [0.717, 1.165) is 54.2 Å². The van der Waals surface area contributed by atoms with Crippen LogP contribution in [0.2, 0.25) is 0 Å². The summed E-state index contributed by atoms with van der Waals surface area (Å²) < 4.78 is 47.2. The minimum atomic E-state index is -5.34. The first-order chi connectivity index (χ1) is 21.8. The van der Waals surface area contributed by atoms with Crippen LogP contribution in [-0.2, 0) is 25.7 Å². The fraction of sp³-hybridized carbons (Fsp3) is 0.562. The lowest BCUT2D eigenvalue weighted by atomic mass is 9.89. The molecule has 1 amide bonds. The van der Waals surface area contributed by atoms with Crippen LogP contribution >= 0.6 is 0 Å². The average Bonchev–Trinajstić information content (AvgIpc) is 3.59. The molecule has 12 nitrogen and oxygen atoms in total. The molecule has 2 aliphatic rings. The molecule has 5 rings (SSSR count). The molecule has 0 spiro atoms. The van der Waals surface area contributed by atoms with Crippen LogP contribution in [0.1, 0.15) is 52.7 Å². The van der Waals surface area contributed by atoms with E-state index in [1.807, 2.05) is 35.8 Å². The number of halogens is 3. The fourth-order valence-corrected chi connectivity index (χ4v) is 5.97. The molecular formula is C32H43F3N8O4. The number of hydroxylamine groups is 1. The quantitative estimate of drug-likeness (QED) is 0.378. The van der Waals surface area contributed by atoms with E-state index in [-0.39, 0.29) is 6.54 Å². The molecule has 2 fully saturated rings. The van der Waals surface area contributed by atoms with Crippen molar-refractivity contribution in [3.8, 4) is 11.3 Å². The molecule has 2 N–H and O–H groups in total. The van der Waals surface area contributed by atoms with Crippen molar-refractivity contribution in [2.24, 2.45) is 5.41 Å². The molecule has 1 aromatic carbocycles. The van der Waals surface area contributed by atoms with E-state index >= 15 is 0 Å². The van der Waals surface area contributed by atoms with Gasteiger partial charge in [0.1, 0.15) is 12.6 Å². The van der Waals surface area contributed by atoms with Crippen LogP contribution in [0.15, 0.2) is 36.8 Å². The standard InChI is InChI=1S/C32H43F3N8O4/c1-20-15-21(25-24-16-23(18-42(24)38-19-37-25)41-13-11-40(8)12-14-41)9-10-22(20)17-36-26(44)32(46-28(45)31(33,34)35)39-47-27(29(2,3)4)43(32)30(5,6)7/h9-10,15-16,18-19,27,39H,11-14,17H2,1-8H3,(H,36,44). The molecule has 2 atom stereocenters. The summed E-state index contributed by atoms with van der Waals surface area (Å²) in [6, 6.07) is 7.70. The Balaban J connectivity index is 1.40. The summed E-state index contributed by atoms with van der Waals surface area (Å²) in [7, 11) is 2.11. The van der Waals surface area contributed by atoms with E-state index in [1.54, 1.807) is 41.5 Å². The number of fused-ring (bicyclic) bond motifs is 1. The van der Waals surface area contributed by atoms with E-state index in [4.69, 9.17) is 9.57 Å². The number of aryl methyl sites for hydroxylation is 1. The third-order valence-corrected chi connectivity index (χ3v) is 8.44. The van der Waals surface area contributed by atoms with Crippen molar-refractivity contribution >= 4 is 23.1 Å². The predicted octanol–water partition coefficient (Wildman–Crippen LogP) is 3.84. The number of hydrogen-bond acceptors (Lipinski definition) is 10. The molecule has 47 heavy (non-hydrogen) atoms. The van der Waals surface area contributed by atoms with Gasteiger partial charge >= 0.3 is 18.0 Å². The number of carbonyl (C=O) groups is 2. The van der Waals surface area contributed by atoms with Gasteiger partial charge in [-0.15, -0.1) is 5.48 Å². The van der Waals surface area contributed by atoms with E-state index in [2.05, 4.69) is 43.8 Å². The number of carbonyl (C=O) groups excluding carboxylic acids is 2. The van der Waals surface area contributed by atoms with Crippen LogP contribution in [0.5, 0.6) is 0 Å². The third kappa shape index (κ3) is 6.93. The lowest BCUT2D eigenvalue weighted by Gasteiger charge is -2.46. The predicted molar refractivity (Wildman–Crippen MR) is 169 cm³/mol. The van der Waals surface area contributed by atoms with Crippen LogP contribution in [0, 0.1) is 12.3 Å². The second-order valence-electron chi connectivity index (χ2n) is 14.3. The molecule has 4 heterocycles. The molecular weight excluding hydrogens is 617 g/mol. The summed E-state index contributed by atoms with van der Waals surface area (Å²) in [5, 5.41) is 7.08. The first-order valence-corrected chi connectivity index (χ1v) is 15.5. The molecule has 3 aromatic rings. The number of ether oxygens (including phenoxy) is 1. The lowest BCUT2D eigenvalue weighted by Crippen LogP contribution is -2.70. The van der Waals surface area contributed by atoms with E-state index < -0.39 is 41.1 Å². The summed E-state index contributed by atoms with van der Waals surface area (Å²) in [5.41, 5.74) is 5.69. The molecule has 15 heteroatoms. The van der Waals surface area contributed by atoms with Gasteiger partial charge < -0.3 is 19.9 Å². The molecule has 2 aliphatic heterocycles. The number of anilines is 1. The molecule has 2 aromatic heterocycles. The van der Waals surface area contributed by atoms with Crippen LogP contribution in [0.4, 0.5) is 18.9 Å². The monoisotopic (exact) mass is 660 g/mol. The number of nitrogens with zero attached hydrogens (tertiary/aromatic N) is 6. The van der Waals surface area contributed by atoms with Crippen LogP contribution in [-0.4, -0.2) is 93.3 Å². The normalized spacial score (nSPS) is 21.8. The van der Waals surface area contributed by atoms with Crippen molar-refractivity contribution in [2.45, 2.75) is 78.8 Å². The molecule has 0 radical (unpaired) electrons. The average molecular weight is 661 g/mol. The first-order valence-electron chi connectivity index (χ1n) is 15.5. The van der Waals surface area contributed by atoms with Gasteiger partial charge in [-0.05, 0) is 58.0 Å². The number of benzene rings is 1. The Bertz CT molecular complexity index is 1640. The van der Waals surface area contributed by atoms with E-state index in [0.29, 0.717) is 5.56 Å². The van der Waals surface area contributed by atoms with Gasteiger partial charge in [0, 0.05) is 49.2 Å². The number of amides is 1. The minimum absolute atomic E-state index is 0.0615. The highest BCUT2D eigenvalue weighted by Crippen LogP contribution is 2.41. The van der Waals surface area contributed by atoms with Crippen LogP contribution in [0.25, 0.3) is 16.8 Å². The Morgan fingerprint density at radius 2 is 1.77 bits per heavy atom. The zero-order chi connectivity index (χ0) is 34.5. The van der Waals surface area contributed by atoms with Gasteiger partial charge in [-0.3, -0.25) is 9.63 Å². The summed E-state index contributed by atoms with van der Waals surface area (Å²) in [6.45, 7) is 16.1. The largest absolute Gasteiger partial charge is 0.491 e. The number of piperazine rings is 1. The van der Waals surface area contributed by atoms with E-state index in [9.17, 15) is 22.8 Å². The van der Waals surface area contributed by atoms with Crippen molar-refractivity contribution < 1.29 is 32.3 Å². The van der Waals surface area contributed by atoms with Gasteiger partial charge in [-0.1, -0.05) is 32.9 Å². The topological polar surface area (TPSA) is 117 Å². The number of nitrogens with one attached hydrogen (secondary N) is 2. The van der Waals surface area contributed by atoms with Crippen molar-refractivity contribution in [1.82, 2.24) is 35.2 Å².